The lowest BCUT2D eigenvalue weighted by Gasteiger charge is -2.41. The first-order chi connectivity index (χ1) is 15.6. The molecule has 2 aliphatic rings. The van der Waals surface area contributed by atoms with Crippen LogP contribution in [0.2, 0.25) is 0 Å². The molecule has 0 saturated carbocycles. The summed E-state index contributed by atoms with van der Waals surface area (Å²) in [6.45, 7) is 5.68. The number of allylic oxidation sites excluding steroid dienone is 2. The zero-order chi connectivity index (χ0) is 23.8. The quantitative estimate of drug-likeness (QED) is 0.472. The van der Waals surface area contributed by atoms with Crippen molar-refractivity contribution < 1.29 is 18.0 Å². The molecule has 4 rings (SSSR count). The van der Waals surface area contributed by atoms with Crippen molar-refractivity contribution >= 4 is 23.4 Å². The number of rotatable bonds is 4. The Balaban J connectivity index is 1.54. The number of hydrogen-bond acceptors (Lipinski definition) is 5. The van der Waals surface area contributed by atoms with Crippen LogP contribution in [0.15, 0.2) is 59.0 Å². The lowest BCUT2D eigenvalue weighted by atomic mass is 9.79. The number of fused-ring (bicyclic) bond motifs is 1. The molecule has 0 saturated heterocycles. The highest BCUT2D eigenvalue weighted by Crippen LogP contribution is 2.40. The Bertz CT molecular complexity index is 1140. The SMILES string of the molecule is CSc1ncc2c(n1)CCN(C1=CC(C(=O)Nc3cccc(C(F)(F)F)c3)=CCC1(C)C)C2. The fourth-order valence-corrected chi connectivity index (χ4v) is 4.49. The molecule has 0 bridgehead atoms. The van der Waals surface area contributed by atoms with Crippen molar-refractivity contribution in [3.8, 4) is 0 Å². The zero-order valence-electron chi connectivity index (χ0n) is 18.7. The van der Waals surface area contributed by atoms with E-state index in [1.807, 2.05) is 24.6 Å². The van der Waals surface area contributed by atoms with Gasteiger partial charge in [0, 0.05) is 53.6 Å². The third-order valence-corrected chi connectivity index (χ3v) is 6.52. The van der Waals surface area contributed by atoms with E-state index in [-0.39, 0.29) is 11.1 Å². The van der Waals surface area contributed by atoms with Gasteiger partial charge in [0.25, 0.3) is 5.91 Å². The molecule has 0 atom stereocenters. The molecule has 1 aromatic heterocycles. The molecule has 1 aromatic carbocycles. The summed E-state index contributed by atoms with van der Waals surface area (Å²) >= 11 is 1.51. The summed E-state index contributed by atoms with van der Waals surface area (Å²) in [5.41, 5.74) is 2.73. The molecule has 2 aromatic rings. The lowest BCUT2D eigenvalue weighted by molar-refractivity contribution is -0.137. The van der Waals surface area contributed by atoms with Crippen molar-refractivity contribution in [1.82, 2.24) is 14.9 Å². The monoisotopic (exact) mass is 474 g/mol. The van der Waals surface area contributed by atoms with E-state index in [2.05, 4.69) is 34.0 Å². The molecule has 174 valence electrons. The molecule has 0 radical (unpaired) electrons. The van der Waals surface area contributed by atoms with E-state index >= 15 is 0 Å². The van der Waals surface area contributed by atoms with E-state index in [0.717, 1.165) is 47.2 Å². The first-order valence-electron chi connectivity index (χ1n) is 10.6. The van der Waals surface area contributed by atoms with Gasteiger partial charge in [0.2, 0.25) is 0 Å². The summed E-state index contributed by atoms with van der Waals surface area (Å²) in [5, 5.41) is 3.37. The number of amides is 1. The number of carbonyl (C=O) groups excluding carboxylic acids is 1. The van der Waals surface area contributed by atoms with Crippen LogP contribution in [0.5, 0.6) is 0 Å². The third-order valence-electron chi connectivity index (χ3n) is 5.96. The van der Waals surface area contributed by atoms with Gasteiger partial charge in [0.15, 0.2) is 5.16 Å². The maximum Gasteiger partial charge on any atom is 0.416 e. The Morgan fingerprint density at radius 1 is 1.27 bits per heavy atom. The topological polar surface area (TPSA) is 58.1 Å². The van der Waals surface area contributed by atoms with Gasteiger partial charge in [-0.15, -0.1) is 0 Å². The lowest BCUT2D eigenvalue weighted by Crippen LogP contribution is -2.38. The van der Waals surface area contributed by atoms with Crippen LogP contribution in [0.3, 0.4) is 0 Å². The molecule has 2 heterocycles. The maximum absolute atomic E-state index is 13.0. The Kier molecular flexibility index (Phi) is 6.26. The normalized spacial score (nSPS) is 17.7. The van der Waals surface area contributed by atoms with Gasteiger partial charge in [0.05, 0.1) is 11.3 Å². The molecule has 0 spiro atoms. The van der Waals surface area contributed by atoms with Gasteiger partial charge >= 0.3 is 6.18 Å². The summed E-state index contributed by atoms with van der Waals surface area (Å²) in [6.07, 6.45) is 4.49. The summed E-state index contributed by atoms with van der Waals surface area (Å²) < 4.78 is 39.0. The molecule has 0 unspecified atom stereocenters. The molecule has 0 fully saturated rings. The van der Waals surface area contributed by atoms with Crippen LogP contribution in [0, 0.1) is 5.41 Å². The summed E-state index contributed by atoms with van der Waals surface area (Å²) in [4.78, 5) is 24.1. The van der Waals surface area contributed by atoms with E-state index in [0.29, 0.717) is 18.5 Å². The number of carbonyl (C=O) groups is 1. The van der Waals surface area contributed by atoms with Crippen molar-refractivity contribution in [3.05, 3.63) is 70.7 Å². The second kappa shape index (κ2) is 8.85. The minimum Gasteiger partial charge on any atom is -0.370 e. The Morgan fingerprint density at radius 2 is 2.06 bits per heavy atom. The molecular formula is C24H25F3N4OS. The average Bonchev–Trinajstić information content (AvgIpc) is 2.77. The van der Waals surface area contributed by atoms with Crippen molar-refractivity contribution in [2.75, 3.05) is 18.1 Å². The predicted octanol–water partition coefficient (Wildman–Crippen LogP) is 5.45. The smallest absolute Gasteiger partial charge is 0.370 e. The summed E-state index contributed by atoms with van der Waals surface area (Å²) in [5.74, 6) is -0.423. The highest BCUT2D eigenvalue weighted by Gasteiger charge is 2.34. The van der Waals surface area contributed by atoms with Gasteiger partial charge in [0.1, 0.15) is 0 Å². The molecule has 1 aliphatic heterocycles. The number of benzene rings is 1. The maximum atomic E-state index is 13.0. The minimum absolute atomic E-state index is 0.115. The molecule has 1 amide bonds. The van der Waals surface area contributed by atoms with Crippen LogP contribution < -0.4 is 5.32 Å². The number of alkyl halides is 3. The van der Waals surface area contributed by atoms with Gasteiger partial charge in [-0.1, -0.05) is 37.8 Å². The number of halogens is 3. The van der Waals surface area contributed by atoms with Gasteiger partial charge in [-0.2, -0.15) is 13.2 Å². The van der Waals surface area contributed by atoms with Crippen LogP contribution in [0.1, 0.15) is 37.1 Å². The Hall–Kier alpha value is -2.81. The summed E-state index contributed by atoms with van der Waals surface area (Å²) in [6, 6.07) is 4.67. The second-order valence-electron chi connectivity index (χ2n) is 8.81. The van der Waals surface area contributed by atoms with Crippen molar-refractivity contribution in [1.29, 1.82) is 0 Å². The number of thioether (sulfide) groups is 1. The number of hydrogen-bond donors (Lipinski definition) is 1. The van der Waals surface area contributed by atoms with Gasteiger partial charge in [-0.05, 0) is 37.0 Å². The molecule has 33 heavy (non-hydrogen) atoms. The molecular weight excluding hydrogens is 449 g/mol. The second-order valence-corrected chi connectivity index (χ2v) is 9.58. The van der Waals surface area contributed by atoms with E-state index in [4.69, 9.17) is 0 Å². The van der Waals surface area contributed by atoms with E-state index in [9.17, 15) is 18.0 Å². The third kappa shape index (κ3) is 5.08. The zero-order valence-corrected chi connectivity index (χ0v) is 19.5. The van der Waals surface area contributed by atoms with Gasteiger partial charge in [-0.25, -0.2) is 9.97 Å². The number of anilines is 1. The molecule has 5 nitrogen and oxygen atoms in total. The largest absolute Gasteiger partial charge is 0.416 e. The van der Waals surface area contributed by atoms with Gasteiger partial charge in [-0.3, -0.25) is 4.79 Å². The number of nitrogens with one attached hydrogen (secondary N) is 1. The van der Waals surface area contributed by atoms with Crippen LogP contribution in [-0.4, -0.2) is 33.6 Å². The van der Waals surface area contributed by atoms with E-state index < -0.39 is 17.6 Å². The van der Waals surface area contributed by atoms with Crippen molar-refractivity contribution in [2.24, 2.45) is 5.41 Å². The molecule has 1 aliphatic carbocycles. The fraction of sp³-hybridized carbons (Fsp3) is 0.375. The Morgan fingerprint density at radius 3 is 2.79 bits per heavy atom. The van der Waals surface area contributed by atoms with Crippen molar-refractivity contribution in [3.63, 3.8) is 0 Å². The van der Waals surface area contributed by atoms with Crippen LogP contribution in [0.4, 0.5) is 18.9 Å². The first kappa shape index (κ1) is 23.4. The Labute approximate surface area is 195 Å². The van der Waals surface area contributed by atoms with Crippen LogP contribution in [-0.2, 0) is 23.9 Å². The fourth-order valence-electron chi connectivity index (χ4n) is 4.13. The van der Waals surface area contributed by atoms with Gasteiger partial charge < -0.3 is 10.2 Å². The number of nitrogens with zero attached hydrogens (tertiary/aromatic N) is 3. The number of aromatic nitrogens is 2. The van der Waals surface area contributed by atoms with Crippen LogP contribution >= 0.6 is 11.8 Å². The molecule has 9 heteroatoms. The van der Waals surface area contributed by atoms with Crippen LogP contribution in [0.25, 0.3) is 0 Å². The average molecular weight is 475 g/mol. The van der Waals surface area contributed by atoms with E-state index in [1.54, 1.807) is 0 Å². The predicted molar refractivity (Wildman–Crippen MR) is 123 cm³/mol. The highest BCUT2D eigenvalue weighted by molar-refractivity contribution is 7.98. The molecule has 1 N–H and O–H groups in total. The first-order valence-corrected chi connectivity index (χ1v) is 11.8. The summed E-state index contributed by atoms with van der Waals surface area (Å²) in [7, 11) is 0. The standard InChI is InChI=1S/C24H25F3N4OS/c1-23(2)9-7-15(21(32)29-18-6-4-5-17(12-18)24(25,26)27)11-20(23)31-10-8-19-16(14-31)13-28-22(30-19)33-3/h4-7,11-13H,8-10,14H2,1-3H3,(H,29,32). The van der Waals surface area contributed by atoms with E-state index in [1.165, 1.54) is 23.9 Å². The highest BCUT2D eigenvalue weighted by atomic mass is 32.2. The minimum atomic E-state index is -4.47. The van der Waals surface area contributed by atoms with Crippen molar-refractivity contribution in [2.45, 2.75) is 44.6 Å².